The first-order valence-corrected chi connectivity index (χ1v) is 8.22. The van der Waals surface area contributed by atoms with Crippen LogP contribution < -0.4 is 5.32 Å². The molecule has 0 aromatic heterocycles. The molecule has 1 aromatic rings. The highest BCUT2D eigenvalue weighted by molar-refractivity contribution is 7.92. The van der Waals surface area contributed by atoms with Crippen molar-refractivity contribution in [1.29, 1.82) is 0 Å². The van der Waals surface area contributed by atoms with Crippen LogP contribution in [0, 0.1) is 6.92 Å². The first-order valence-electron chi connectivity index (χ1n) is 6.50. The summed E-state index contributed by atoms with van der Waals surface area (Å²) in [4.78, 5) is 0. The van der Waals surface area contributed by atoms with Crippen LogP contribution in [-0.2, 0) is 9.84 Å². The van der Waals surface area contributed by atoms with Crippen LogP contribution >= 0.6 is 0 Å². The standard InChI is InChI=1S/C14H21NO2S/c1-11-7-3-4-8-12(11)14(15-2)13-9-5-6-10-18(13,16)17/h3-4,7-8,13-15H,5-6,9-10H2,1-2H3. The molecule has 1 aliphatic rings. The summed E-state index contributed by atoms with van der Waals surface area (Å²) in [6.07, 6.45) is 2.58. The Morgan fingerprint density at radius 2 is 2.00 bits per heavy atom. The Morgan fingerprint density at radius 1 is 1.28 bits per heavy atom. The molecule has 2 rings (SSSR count). The van der Waals surface area contributed by atoms with Crippen molar-refractivity contribution in [3.63, 3.8) is 0 Å². The Morgan fingerprint density at radius 3 is 2.61 bits per heavy atom. The third-order valence-electron chi connectivity index (χ3n) is 3.84. The molecule has 3 nitrogen and oxygen atoms in total. The van der Waals surface area contributed by atoms with Gasteiger partial charge in [-0.2, -0.15) is 0 Å². The van der Waals surface area contributed by atoms with E-state index in [2.05, 4.69) is 5.32 Å². The fourth-order valence-electron chi connectivity index (χ4n) is 2.83. The Labute approximate surface area is 110 Å². The molecule has 0 saturated carbocycles. The lowest BCUT2D eigenvalue weighted by Gasteiger charge is -2.31. The molecule has 4 heteroatoms. The van der Waals surface area contributed by atoms with Gasteiger partial charge in [-0.25, -0.2) is 8.42 Å². The summed E-state index contributed by atoms with van der Waals surface area (Å²) >= 11 is 0. The van der Waals surface area contributed by atoms with Gasteiger partial charge in [-0.15, -0.1) is 0 Å². The van der Waals surface area contributed by atoms with E-state index in [4.69, 9.17) is 0 Å². The van der Waals surface area contributed by atoms with Crippen LogP contribution in [0.5, 0.6) is 0 Å². The number of hydrogen-bond donors (Lipinski definition) is 1. The second-order valence-electron chi connectivity index (χ2n) is 5.02. The molecule has 0 amide bonds. The van der Waals surface area contributed by atoms with E-state index >= 15 is 0 Å². The molecule has 0 radical (unpaired) electrons. The van der Waals surface area contributed by atoms with E-state index in [9.17, 15) is 8.42 Å². The Hall–Kier alpha value is -0.870. The Kier molecular flexibility index (Phi) is 4.07. The third-order valence-corrected chi connectivity index (χ3v) is 6.12. The van der Waals surface area contributed by atoms with Crippen LogP contribution in [0.15, 0.2) is 24.3 Å². The van der Waals surface area contributed by atoms with Crippen LogP contribution in [0.3, 0.4) is 0 Å². The molecule has 1 fully saturated rings. The molecule has 1 aromatic carbocycles. The molecule has 2 atom stereocenters. The number of nitrogens with one attached hydrogen (secondary N) is 1. The summed E-state index contributed by atoms with van der Waals surface area (Å²) in [6.45, 7) is 2.04. The Balaban J connectivity index is 2.37. The maximum atomic E-state index is 12.2. The van der Waals surface area contributed by atoms with E-state index in [0.29, 0.717) is 5.75 Å². The van der Waals surface area contributed by atoms with Gasteiger partial charge in [0.25, 0.3) is 0 Å². The van der Waals surface area contributed by atoms with Crippen molar-refractivity contribution in [3.8, 4) is 0 Å². The lowest BCUT2D eigenvalue weighted by molar-refractivity contribution is 0.468. The molecular weight excluding hydrogens is 246 g/mol. The van der Waals surface area contributed by atoms with Gasteiger partial charge in [-0.3, -0.25) is 0 Å². The average Bonchev–Trinajstić information content (AvgIpc) is 2.34. The van der Waals surface area contributed by atoms with Crippen molar-refractivity contribution < 1.29 is 8.42 Å². The van der Waals surface area contributed by atoms with Crippen LogP contribution in [0.25, 0.3) is 0 Å². The molecule has 18 heavy (non-hydrogen) atoms. The lowest BCUT2D eigenvalue weighted by atomic mass is 9.96. The zero-order valence-corrected chi connectivity index (χ0v) is 11.8. The van der Waals surface area contributed by atoms with Gasteiger partial charge in [0, 0.05) is 6.04 Å². The van der Waals surface area contributed by atoms with Crippen LogP contribution in [0.1, 0.15) is 36.4 Å². The molecule has 0 spiro atoms. The highest BCUT2D eigenvalue weighted by Gasteiger charge is 2.35. The van der Waals surface area contributed by atoms with Gasteiger partial charge >= 0.3 is 0 Å². The van der Waals surface area contributed by atoms with Crippen LogP contribution in [-0.4, -0.2) is 26.5 Å². The van der Waals surface area contributed by atoms with Gasteiger partial charge in [0.2, 0.25) is 0 Å². The fourth-order valence-corrected chi connectivity index (χ4v) is 4.96. The lowest BCUT2D eigenvalue weighted by Crippen LogP contribution is -2.39. The molecular formula is C14H21NO2S. The second kappa shape index (κ2) is 5.41. The van der Waals surface area contributed by atoms with Gasteiger partial charge in [0.05, 0.1) is 11.0 Å². The van der Waals surface area contributed by atoms with Crippen molar-refractivity contribution in [2.24, 2.45) is 0 Å². The topological polar surface area (TPSA) is 46.2 Å². The van der Waals surface area contributed by atoms with Gasteiger partial charge in [-0.05, 0) is 37.9 Å². The van der Waals surface area contributed by atoms with Crippen molar-refractivity contribution in [2.45, 2.75) is 37.5 Å². The summed E-state index contributed by atoms with van der Waals surface area (Å²) < 4.78 is 24.5. The van der Waals surface area contributed by atoms with Crippen molar-refractivity contribution in [1.82, 2.24) is 5.32 Å². The summed E-state index contributed by atoms with van der Waals surface area (Å²) in [7, 11) is -1.11. The second-order valence-corrected chi connectivity index (χ2v) is 7.36. The van der Waals surface area contributed by atoms with E-state index in [1.165, 1.54) is 0 Å². The first-order chi connectivity index (χ1) is 8.56. The minimum Gasteiger partial charge on any atom is -0.312 e. The first kappa shape index (κ1) is 13.6. The highest BCUT2D eigenvalue weighted by atomic mass is 32.2. The number of benzene rings is 1. The quantitative estimate of drug-likeness (QED) is 0.913. The van der Waals surface area contributed by atoms with Crippen molar-refractivity contribution >= 4 is 9.84 Å². The normalized spacial score (nSPS) is 24.7. The SMILES string of the molecule is CNC(c1ccccc1C)C1CCCCS1(=O)=O. The molecule has 1 N–H and O–H groups in total. The van der Waals surface area contributed by atoms with E-state index in [1.54, 1.807) is 0 Å². The van der Waals surface area contributed by atoms with Crippen molar-refractivity contribution in [2.75, 3.05) is 12.8 Å². The van der Waals surface area contributed by atoms with Gasteiger partial charge in [0.15, 0.2) is 9.84 Å². The van der Waals surface area contributed by atoms with Gasteiger partial charge in [-0.1, -0.05) is 30.7 Å². The molecule has 2 unspecified atom stereocenters. The maximum absolute atomic E-state index is 12.2. The maximum Gasteiger partial charge on any atom is 0.155 e. The zero-order chi connectivity index (χ0) is 13.2. The largest absolute Gasteiger partial charge is 0.312 e. The molecule has 1 heterocycles. The van der Waals surface area contributed by atoms with Crippen LogP contribution in [0.2, 0.25) is 0 Å². The predicted octanol–water partition coefficient (Wildman–Crippen LogP) is 2.22. The van der Waals surface area contributed by atoms with E-state index < -0.39 is 9.84 Å². The van der Waals surface area contributed by atoms with Gasteiger partial charge in [0.1, 0.15) is 0 Å². The van der Waals surface area contributed by atoms with Crippen molar-refractivity contribution in [3.05, 3.63) is 35.4 Å². The summed E-state index contributed by atoms with van der Waals surface area (Å²) in [5, 5.41) is 2.93. The summed E-state index contributed by atoms with van der Waals surface area (Å²) in [6, 6.07) is 7.94. The van der Waals surface area contributed by atoms with Gasteiger partial charge < -0.3 is 5.32 Å². The Bertz CT molecular complexity index is 510. The monoisotopic (exact) mass is 267 g/mol. The average molecular weight is 267 g/mol. The highest BCUT2D eigenvalue weighted by Crippen LogP contribution is 2.31. The fraction of sp³-hybridized carbons (Fsp3) is 0.571. The number of rotatable bonds is 3. The number of aryl methyl sites for hydroxylation is 1. The van der Waals surface area contributed by atoms with Crippen LogP contribution in [0.4, 0.5) is 0 Å². The third kappa shape index (κ3) is 2.59. The number of sulfone groups is 1. The molecule has 0 bridgehead atoms. The molecule has 1 saturated heterocycles. The minimum absolute atomic E-state index is 0.0866. The smallest absolute Gasteiger partial charge is 0.155 e. The molecule has 1 aliphatic heterocycles. The minimum atomic E-state index is -2.96. The van der Waals surface area contributed by atoms with E-state index in [0.717, 1.165) is 30.4 Å². The predicted molar refractivity (Wildman–Crippen MR) is 74.4 cm³/mol. The molecule has 100 valence electrons. The summed E-state index contributed by atoms with van der Waals surface area (Å²) in [5.41, 5.74) is 2.26. The number of hydrogen-bond acceptors (Lipinski definition) is 3. The molecule has 0 aliphatic carbocycles. The zero-order valence-electron chi connectivity index (χ0n) is 11.0. The van der Waals surface area contributed by atoms with E-state index in [-0.39, 0.29) is 11.3 Å². The summed E-state index contributed by atoms with van der Waals surface area (Å²) in [5.74, 6) is 0.335. The van der Waals surface area contributed by atoms with E-state index in [1.807, 2.05) is 38.2 Å².